The normalized spacial score (nSPS) is 13.4. The van der Waals surface area contributed by atoms with E-state index < -0.39 is 11.9 Å². The number of rotatable bonds is 5. The van der Waals surface area contributed by atoms with E-state index in [2.05, 4.69) is 0 Å². The molecular weight excluding hydrogens is 235 g/mol. The Hall–Kier alpha value is -1.13. The van der Waals surface area contributed by atoms with E-state index in [4.69, 9.17) is 9.47 Å². The van der Waals surface area contributed by atoms with E-state index in [0.29, 0.717) is 18.8 Å². The van der Waals surface area contributed by atoms with Gasteiger partial charge in [0.15, 0.2) is 11.6 Å². The summed E-state index contributed by atoms with van der Waals surface area (Å²) in [5, 5.41) is 9.32. The molecule has 0 heterocycles. The summed E-state index contributed by atoms with van der Waals surface area (Å²) in [4.78, 5) is 0. The van der Waals surface area contributed by atoms with E-state index in [1.807, 2.05) is 20.8 Å². The minimum Gasteiger partial charge on any atom is -0.488 e. The Kier molecular flexibility index (Phi) is 5.11. The Labute approximate surface area is 108 Å². The summed E-state index contributed by atoms with van der Waals surface area (Å²) in [6.07, 6.45) is -0.683. The highest BCUT2D eigenvalue weighted by molar-refractivity contribution is 5.30. The van der Waals surface area contributed by atoms with Gasteiger partial charge < -0.3 is 14.6 Å². The van der Waals surface area contributed by atoms with Crippen LogP contribution in [0.4, 0.5) is 4.39 Å². The first-order valence-electron chi connectivity index (χ1n) is 6.04. The molecule has 0 aromatic heterocycles. The highest BCUT2D eigenvalue weighted by Crippen LogP contribution is 2.22. The molecule has 4 heteroatoms. The van der Waals surface area contributed by atoms with Crippen LogP contribution in [0.1, 0.15) is 39.4 Å². The minimum atomic E-state index is -0.683. The van der Waals surface area contributed by atoms with E-state index >= 15 is 0 Å². The van der Waals surface area contributed by atoms with Crippen LogP contribution in [0.15, 0.2) is 18.2 Å². The minimum absolute atomic E-state index is 0.178. The molecule has 0 saturated heterocycles. The fourth-order valence-corrected chi connectivity index (χ4v) is 1.39. The topological polar surface area (TPSA) is 38.7 Å². The molecule has 1 aromatic rings. The van der Waals surface area contributed by atoms with E-state index in [1.54, 1.807) is 13.0 Å². The third-order valence-electron chi connectivity index (χ3n) is 2.31. The quantitative estimate of drug-likeness (QED) is 0.823. The smallest absolute Gasteiger partial charge is 0.165 e. The molecule has 3 nitrogen and oxygen atoms in total. The van der Waals surface area contributed by atoms with Crippen molar-refractivity contribution < 1.29 is 19.0 Å². The molecule has 102 valence electrons. The Bertz CT molecular complexity index is 383. The van der Waals surface area contributed by atoms with Gasteiger partial charge in [-0.1, -0.05) is 6.07 Å². The van der Waals surface area contributed by atoms with Crippen LogP contribution in [0.2, 0.25) is 0 Å². The van der Waals surface area contributed by atoms with Crippen LogP contribution in [0.3, 0.4) is 0 Å². The SMILES string of the molecule is C[C@@H](O)c1ccc(OCCOC(C)(C)C)c(F)c1. The lowest BCUT2D eigenvalue weighted by Crippen LogP contribution is -2.22. The van der Waals surface area contributed by atoms with Crippen molar-refractivity contribution in [2.24, 2.45) is 0 Å². The fraction of sp³-hybridized carbons (Fsp3) is 0.571. The predicted octanol–water partition coefficient (Wildman–Crippen LogP) is 3.07. The van der Waals surface area contributed by atoms with E-state index in [9.17, 15) is 9.50 Å². The number of benzene rings is 1. The van der Waals surface area contributed by atoms with Crippen LogP contribution in [-0.2, 0) is 4.74 Å². The molecule has 0 spiro atoms. The van der Waals surface area contributed by atoms with Gasteiger partial charge in [-0.3, -0.25) is 0 Å². The van der Waals surface area contributed by atoms with Gasteiger partial charge in [0.1, 0.15) is 6.61 Å². The maximum absolute atomic E-state index is 13.6. The third-order valence-corrected chi connectivity index (χ3v) is 2.31. The summed E-state index contributed by atoms with van der Waals surface area (Å²) < 4.78 is 24.3. The van der Waals surface area contributed by atoms with Crippen molar-refractivity contribution in [1.29, 1.82) is 0 Å². The first-order valence-corrected chi connectivity index (χ1v) is 6.04. The van der Waals surface area contributed by atoms with Gasteiger partial charge in [0.2, 0.25) is 0 Å². The molecule has 1 rings (SSSR count). The summed E-state index contributed by atoms with van der Waals surface area (Å²) in [6.45, 7) is 8.14. The summed E-state index contributed by atoms with van der Waals surface area (Å²) in [5.41, 5.74) is 0.309. The van der Waals surface area contributed by atoms with Gasteiger partial charge in [-0.25, -0.2) is 4.39 Å². The molecular formula is C14H21FO3. The molecule has 0 aliphatic rings. The van der Waals surface area contributed by atoms with Gasteiger partial charge in [-0.05, 0) is 45.4 Å². The zero-order valence-corrected chi connectivity index (χ0v) is 11.4. The number of ether oxygens (including phenoxy) is 2. The second kappa shape index (κ2) is 6.16. The van der Waals surface area contributed by atoms with Gasteiger partial charge >= 0.3 is 0 Å². The Morgan fingerprint density at radius 2 is 1.94 bits per heavy atom. The van der Waals surface area contributed by atoms with Crippen molar-refractivity contribution in [3.8, 4) is 5.75 Å². The van der Waals surface area contributed by atoms with Gasteiger partial charge in [0, 0.05) is 0 Å². The van der Waals surface area contributed by atoms with Crippen LogP contribution >= 0.6 is 0 Å². The maximum atomic E-state index is 13.6. The third kappa shape index (κ3) is 5.02. The highest BCUT2D eigenvalue weighted by atomic mass is 19.1. The average molecular weight is 256 g/mol. The van der Waals surface area contributed by atoms with E-state index in [-0.39, 0.29) is 11.4 Å². The number of hydrogen-bond acceptors (Lipinski definition) is 3. The fourth-order valence-electron chi connectivity index (χ4n) is 1.39. The first kappa shape index (κ1) is 14.9. The summed E-state index contributed by atoms with van der Waals surface area (Å²) in [5.74, 6) is -0.291. The maximum Gasteiger partial charge on any atom is 0.165 e. The largest absolute Gasteiger partial charge is 0.488 e. The number of aliphatic hydroxyl groups is 1. The molecule has 0 amide bonds. The molecule has 1 atom stereocenters. The molecule has 0 aliphatic carbocycles. The average Bonchev–Trinajstić information content (AvgIpc) is 2.24. The highest BCUT2D eigenvalue weighted by Gasteiger charge is 2.11. The Balaban J connectivity index is 2.48. The van der Waals surface area contributed by atoms with Gasteiger partial charge in [0.25, 0.3) is 0 Å². The van der Waals surface area contributed by atoms with Crippen molar-refractivity contribution >= 4 is 0 Å². The standard InChI is InChI=1S/C14H21FO3/c1-10(16)11-5-6-13(12(15)9-11)17-7-8-18-14(2,3)4/h5-6,9-10,16H,7-8H2,1-4H3/t10-/m1/s1. The van der Waals surface area contributed by atoms with Crippen molar-refractivity contribution in [3.05, 3.63) is 29.6 Å². The second-order valence-electron chi connectivity index (χ2n) is 5.18. The zero-order chi connectivity index (χ0) is 13.8. The van der Waals surface area contributed by atoms with Crippen LogP contribution in [-0.4, -0.2) is 23.9 Å². The Morgan fingerprint density at radius 3 is 2.44 bits per heavy atom. The number of aliphatic hydroxyl groups excluding tert-OH is 1. The van der Waals surface area contributed by atoms with Crippen molar-refractivity contribution in [3.63, 3.8) is 0 Å². The molecule has 0 aliphatic heterocycles. The second-order valence-corrected chi connectivity index (χ2v) is 5.18. The van der Waals surface area contributed by atoms with E-state index in [0.717, 1.165) is 0 Å². The molecule has 1 N–H and O–H groups in total. The summed E-state index contributed by atoms with van der Waals surface area (Å²) in [7, 11) is 0. The van der Waals surface area contributed by atoms with Gasteiger partial charge in [-0.2, -0.15) is 0 Å². The molecule has 0 bridgehead atoms. The molecule has 0 fully saturated rings. The van der Waals surface area contributed by atoms with Crippen LogP contribution in [0.5, 0.6) is 5.75 Å². The molecule has 18 heavy (non-hydrogen) atoms. The van der Waals surface area contributed by atoms with Crippen LogP contribution in [0.25, 0.3) is 0 Å². The monoisotopic (exact) mass is 256 g/mol. The summed E-state index contributed by atoms with van der Waals surface area (Å²) >= 11 is 0. The van der Waals surface area contributed by atoms with E-state index in [1.165, 1.54) is 12.1 Å². The first-order chi connectivity index (χ1) is 8.29. The molecule has 0 radical (unpaired) electrons. The van der Waals surface area contributed by atoms with Gasteiger partial charge in [0.05, 0.1) is 18.3 Å². The lowest BCUT2D eigenvalue weighted by Gasteiger charge is -2.19. The zero-order valence-electron chi connectivity index (χ0n) is 11.4. The van der Waals surface area contributed by atoms with Crippen molar-refractivity contribution in [1.82, 2.24) is 0 Å². The lowest BCUT2D eigenvalue weighted by molar-refractivity contribution is -0.0166. The molecule has 1 aromatic carbocycles. The Morgan fingerprint density at radius 1 is 1.28 bits per heavy atom. The lowest BCUT2D eigenvalue weighted by atomic mass is 10.1. The molecule has 0 saturated carbocycles. The van der Waals surface area contributed by atoms with Crippen LogP contribution in [0, 0.1) is 5.82 Å². The molecule has 0 unspecified atom stereocenters. The predicted molar refractivity (Wildman–Crippen MR) is 68.2 cm³/mol. The van der Waals surface area contributed by atoms with Crippen LogP contribution < -0.4 is 4.74 Å². The number of hydrogen-bond donors (Lipinski definition) is 1. The number of halogens is 1. The summed E-state index contributed by atoms with van der Waals surface area (Å²) in [6, 6.07) is 4.45. The van der Waals surface area contributed by atoms with Crippen molar-refractivity contribution in [2.75, 3.05) is 13.2 Å². The van der Waals surface area contributed by atoms with Crippen molar-refractivity contribution in [2.45, 2.75) is 39.4 Å². The van der Waals surface area contributed by atoms with Gasteiger partial charge in [-0.15, -0.1) is 0 Å².